The number of amides is 1. The monoisotopic (exact) mass is 352 g/mol. The Kier molecular flexibility index (Phi) is 5.41. The van der Waals surface area contributed by atoms with Crippen molar-refractivity contribution in [3.63, 3.8) is 0 Å². The first kappa shape index (κ1) is 17.5. The Bertz CT molecular complexity index is 822. The second kappa shape index (κ2) is 7.12. The number of hydrogen-bond acceptors (Lipinski definition) is 3. The molecule has 122 valence electrons. The van der Waals surface area contributed by atoms with Crippen LogP contribution in [0.1, 0.15) is 5.56 Å². The third-order valence-corrected chi connectivity index (χ3v) is 5.21. The molecule has 0 heterocycles. The Morgan fingerprint density at radius 2 is 1.87 bits per heavy atom. The zero-order valence-electron chi connectivity index (χ0n) is 12.8. The van der Waals surface area contributed by atoms with Crippen molar-refractivity contribution in [3.8, 4) is 0 Å². The third kappa shape index (κ3) is 4.54. The van der Waals surface area contributed by atoms with E-state index in [1.807, 2.05) is 25.1 Å². The molecule has 0 atom stereocenters. The SMILES string of the molecule is Cc1cccc(NC(=O)CN(C)S(=O)(=O)c2cccc(Cl)c2)c1. The molecular formula is C16H17ClN2O3S. The van der Waals surface area contributed by atoms with Crippen LogP contribution >= 0.6 is 11.6 Å². The molecule has 0 aliphatic heterocycles. The Morgan fingerprint density at radius 3 is 2.52 bits per heavy atom. The molecule has 2 rings (SSSR count). The van der Waals surface area contributed by atoms with Crippen LogP contribution < -0.4 is 5.32 Å². The lowest BCUT2D eigenvalue weighted by Gasteiger charge is -2.17. The van der Waals surface area contributed by atoms with Gasteiger partial charge in [0.1, 0.15) is 0 Å². The topological polar surface area (TPSA) is 66.5 Å². The minimum Gasteiger partial charge on any atom is -0.325 e. The quantitative estimate of drug-likeness (QED) is 0.899. The van der Waals surface area contributed by atoms with Gasteiger partial charge in [0, 0.05) is 17.8 Å². The predicted octanol–water partition coefficient (Wildman–Crippen LogP) is 2.91. The fourth-order valence-electron chi connectivity index (χ4n) is 2.02. The summed E-state index contributed by atoms with van der Waals surface area (Å²) in [5, 5.41) is 3.00. The largest absolute Gasteiger partial charge is 0.325 e. The maximum absolute atomic E-state index is 12.4. The highest BCUT2D eigenvalue weighted by Crippen LogP contribution is 2.18. The van der Waals surface area contributed by atoms with E-state index in [1.54, 1.807) is 18.2 Å². The Balaban J connectivity index is 2.08. The van der Waals surface area contributed by atoms with Crippen molar-refractivity contribution < 1.29 is 13.2 Å². The van der Waals surface area contributed by atoms with Crippen LogP contribution in [0, 0.1) is 6.92 Å². The van der Waals surface area contributed by atoms with E-state index in [2.05, 4.69) is 5.32 Å². The summed E-state index contributed by atoms with van der Waals surface area (Å²) >= 11 is 5.82. The molecule has 0 aliphatic rings. The number of anilines is 1. The maximum atomic E-state index is 12.4. The summed E-state index contributed by atoms with van der Waals surface area (Å²) in [5.74, 6) is -0.413. The van der Waals surface area contributed by atoms with Gasteiger partial charge < -0.3 is 5.32 Å². The van der Waals surface area contributed by atoms with Crippen molar-refractivity contribution in [2.75, 3.05) is 18.9 Å². The van der Waals surface area contributed by atoms with Crippen molar-refractivity contribution in [2.45, 2.75) is 11.8 Å². The summed E-state index contributed by atoms with van der Waals surface area (Å²) in [6.07, 6.45) is 0. The maximum Gasteiger partial charge on any atom is 0.243 e. The highest BCUT2D eigenvalue weighted by atomic mass is 35.5. The van der Waals surface area contributed by atoms with Crippen LogP contribution in [0.2, 0.25) is 5.02 Å². The van der Waals surface area contributed by atoms with Gasteiger partial charge in [0.25, 0.3) is 0 Å². The number of carbonyl (C=O) groups excluding carboxylic acids is 1. The second-order valence-electron chi connectivity index (χ2n) is 5.14. The molecule has 0 spiro atoms. The van der Waals surface area contributed by atoms with Crippen LogP contribution in [0.4, 0.5) is 5.69 Å². The van der Waals surface area contributed by atoms with Gasteiger partial charge in [-0.3, -0.25) is 4.79 Å². The minimum absolute atomic E-state index is 0.0517. The summed E-state index contributed by atoms with van der Waals surface area (Å²) in [7, 11) is -2.42. The number of nitrogens with one attached hydrogen (secondary N) is 1. The number of sulfonamides is 1. The van der Waals surface area contributed by atoms with Crippen LogP contribution in [-0.4, -0.2) is 32.2 Å². The van der Waals surface area contributed by atoms with E-state index in [4.69, 9.17) is 11.6 Å². The van der Waals surface area contributed by atoms with Gasteiger partial charge in [-0.05, 0) is 42.8 Å². The zero-order valence-corrected chi connectivity index (χ0v) is 14.4. The highest BCUT2D eigenvalue weighted by Gasteiger charge is 2.23. The van der Waals surface area contributed by atoms with Gasteiger partial charge in [0.15, 0.2) is 0 Å². The lowest BCUT2D eigenvalue weighted by molar-refractivity contribution is -0.116. The van der Waals surface area contributed by atoms with Crippen molar-refractivity contribution in [2.24, 2.45) is 0 Å². The molecule has 2 aromatic carbocycles. The molecule has 1 amide bonds. The number of nitrogens with zero attached hydrogens (tertiary/aromatic N) is 1. The van der Waals surface area contributed by atoms with Crippen molar-refractivity contribution in [3.05, 3.63) is 59.1 Å². The minimum atomic E-state index is -3.77. The fourth-order valence-corrected chi connectivity index (χ4v) is 3.45. The van der Waals surface area contributed by atoms with Gasteiger partial charge in [-0.1, -0.05) is 29.8 Å². The summed E-state index contributed by atoms with van der Waals surface area (Å²) in [6.45, 7) is 1.62. The molecule has 0 saturated carbocycles. The van der Waals surface area contributed by atoms with Crippen molar-refractivity contribution in [1.29, 1.82) is 0 Å². The summed E-state index contributed by atoms with van der Waals surface area (Å²) in [5.41, 5.74) is 1.63. The standard InChI is InChI=1S/C16H17ClN2O3S/c1-12-5-3-7-14(9-12)18-16(20)11-19(2)23(21,22)15-8-4-6-13(17)10-15/h3-10H,11H2,1-2H3,(H,18,20). The van der Waals surface area contributed by atoms with Crippen LogP contribution in [0.3, 0.4) is 0 Å². The van der Waals surface area contributed by atoms with Crippen molar-refractivity contribution >= 4 is 33.2 Å². The molecule has 0 aliphatic carbocycles. The Labute approximate surface area is 140 Å². The number of hydrogen-bond donors (Lipinski definition) is 1. The molecule has 0 saturated heterocycles. The van der Waals surface area contributed by atoms with Gasteiger partial charge in [0.05, 0.1) is 11.4 Å². The molecule has 0 bridgehead atoms. The van der Waals surface area contributed by atoms with Gasteiger partial charge >= 0.3 is 0 Å². The third-order valence-electron chi connectivity index (χ3n) is 3.17. The van der Waals surface area contributed by atoms with Gasteiger partial charge in [-0.25, -0.2) is 8.42 Å². The first-order valence-electron chi connectivity index (χ1n) is 6.87. The molecule has 7 heteroatoms. The Hall–Kier alpha value is -1.89. The van der Waals surface area contributed by atoms with E-state index in [-0.39, 0.29) is 11.4 Å². The number of likely N-dealkylation sites (N-methyl/N-ethyl adjacent to an activating group) is 1. The van der Waals surface area contributed by atoms with Crippen LogP contribution in [0.15, 0.2) is 53.4 Å². The Morgan fingerprint density at radius 1 is 1.17 bits per heavy atom. The average molecular weight is 353 g/mol. The molecule has 0 aromatic heterocycles. The van der Waals surface area contributed by atoms with Gasteiger partial charge in [-0.15, -0.1) is 0 Å². The van der Waals surface area contributed by atoms with E-state index >= 15 is 0 Å². The molecule has 0 unspecified atom stereocenters. The van der Waals surface area contributed by atoms with Crippen molar-refractivity contribution in [1.82, 2.24) is 4.31 Å². The smallest absolute Gasteiger partial charge is 0.243 e. The van der Waals surface area contributed by atoms with Gasteiger partial charge in [-0.2, -0.15) is 4.31 Å². The molecule has 23 heavy (non-hydrogen) atoms. The molecule has 5 nitrogen and oxygen atoms in total. The summed E-state index contributed by atoms with van der Waals surface area (Å²) < 4.78 is 25.8. The van der Waals surface area contributed by atoms with Crippen LogP contribution in [0.25, 0.3) is 0 Å². The number of halogens is 1. The second-order valence-corrected chi connectivity index (χ2v) is 7.62. The molecule has 0 radical (unpaired) electrons. The van der Waals surface area contributed by atoms with E-state index < -0.39 is 15.9 Å². The molecule has 0 fully saturated rings. The molecule has 1 N–H and O–H groups in total. The summed E-state index contributed by atoms with van der Waals surface area (Å²) in [6, 6.07) is 13.2. The first-order chi connectivity index (χ1) is 10.8. The van der Waals surface area contributed by atoms with E-state index in [1.165, 1.54) is 19.2 Å². The van der Waals surface area contributed by atoms with E-state index in [9.17, 15) is 13.2 Å². The number of benzene rings is 2. The van der Waals surface area contributed by atoms with Crippen LogP contribution in [0.5, 0.6) is 0 Å². The van der Waals surface area contributed by atoms with E-state index in [0.717, 1.165) is 9.87 Å². The molecule has 2 aromatic rings. The van der Waals surface area contributed by atoms with Crippen LogP contribution in [-0.2, 0) is 14.8 Å². The predicted molar refractivity (Wildman–Crippen MR) is 91.1 cm³/mol. The highest BCUT2D eigenvalue weighted by molar-refractivity contribution is 7.89. The summed E-state index contributed by atoms with van der Waals surface area (Å²) in [4.78, 5) is 12.1. The lowest BCUT2D eigenvalue weighted by atomic mass is 10.2. The molecular weight excluding hydrogens is 336 g/mol. The zero-order chi connectivity index (χ0) is 17.0. The number of aryl methyl sites for hydroxylation is 1. The normalized spacial score (nSPS) is 11.5. The van der Waals surface area contributed by atoms with E-state index in [0.29, 0.717) is 10.7 Å². The number of carbonyl (C=O) groups is 1. The fraction of sp³-hybridized carbons (Fsp3) is 0.188. The average Bonchev–Trinajstić information content (AvgIpc) is 2.47. The van der Waals surface area contributed by atoms with Gasteiger partial charge in [0.2, 0.25) is 15.9 Å². The first-order valence-corrected chi connectivity index (χ1v) is 8.69. The number of rotatable bonds is 5. The lowest BCUT2D eigenvalue weighted by Crippen LogP contribution is -2.34.